The number of rotatable bonds is 3. The number of benzene rings is 1. The number of hydrogen-bond donors (Lipinski definition) is 1. The summed E-state index contributed by atoms with van der Waals surface area (Å²) in [7, 11) is 4.12. The Bertz CT molecular complexity index is 827. The third kappa shape index (κ3) is 2.02. The second-order valence-electron chi connectivity index (χ2n) is 5.53. The molecule has 4 nitrogen and oxygen atoms in total. The van der Waals surface area contributed by atoms with Gasteiger partial charge in [-0.15, -0.1) is 0 Å². The van der Waals surface area contributed by atoms with Crippen molar-refractivity contribution in [1.82, 2.24) is 14.5 Å². The van der Waals surface area contributed by atoms with E-state index in [9.17, 15) is 4.79 Å². The summed E-state index contributed by atoms with van der Waals surface area (Å²) >= 11 is 0. The molecule has 4 heteroatoms. The lowest BCUT2D eigenvalue weighted by molar-refractivity contribution is 0.389. The van der Waals surface area contributed by atoms with E-state index < -0.39 is 0 Å². The Kier molecular flexibility index (Phi) is 3.10. The standard InChI is InChI=1S/C16H19N3O/c1-11-8-12(20)9-14-16(11)13-4-5-17-10-15(13)19(14)7-6-18(2)3/h4-5,8-10,17H,6-7H2,1-3H3. The van der Waals surface area contributed by atoms with Crippen LogP contribution in [0.3, 0.4) is 0 Å². The first-order valence-corrected chi connectivity index (χ1v) is 6.82. The normalized spacial score (nSPS) is 11.8. The van der Waals surface area contributed by atoms with Crippen molar-refractivity contribution >= 4 is 21.8 Å². The van der Waals surface area contributed by atoms with Crippen LogP contribution in [0.2, 0.25) is 0 Å². The zero-order valence-electron chi connectivity index (χ0n) is 12.1. The fraction of sp³-hybridized carbons (Fsp3) is 0.312. The molecule has 0 amide bonds. The van der Waals surface area contributed by atoms with Crippen molar-refractivity contribution in [3.63, 3.8) is 0 Å². The molecule has 0 bridgehead atoms. The Hall–Kier alpha value is -2.07. The van der Waals surface area contributed by atoms with Crippen LogP contribution in [-0.2, 0) is 6.54 Å². The number of pyridine rings is 1. The van der Waals surface area contributed by atoms with Crippen LogP contribution in [0.1, 0.15) is 5.56 Å². The van der Waals surface area contributed by atoms with E-state index in [1.54, 1.807) is 12.1 Å². The molecule has 2 heterocycles. The molecular formula is C16H19N3O. The van der Waals surface area contributed by atoms with Gasteiger partial charge in [0, 0.05) is 42.3 Å². The molecule has 0 aliphatic carbocycles. The molecule has 0 unspecified atom stereocenters. The number of H-pyrrole nitrogens is 1. The van der Waals surface area contributed by atoms with Gasteiger partial charge in [0.25, 0.3) is 0 Å². The molecule has 3 aromatic rings. The molecule has 0 fully saturated rings. The molecule has 0 spiro atoms. The van der Waals surface area contributed by atoms with Gasteiger partial charge in [0.2, 0.25) is 0 Å². The second-order valence-corrected chi connectivity index (χ2v) is 5.53. The third-order valence-corrected chi connectivity index (χ3v) is 3.75. The largest absolute Gasteiger partial charge is 0.366 e. The number of aromatic nitrogens is 2. The highest BCUT2D eigenvalue weighted by Crippen LogP contribution is 2.29. The summed E-state index contributed by atoms with van der Waals surface area (Å²) in [5.41, 5.74) is 3.31. The van der Waals surface area contributed by atoms with E-state index >= 15 is 0 Å². The van der Waals surface area contributed by atoms with Crippen molar-refractivity contribution in [1.29, 1.82) is 0 Å². The number of hydrogen-bond acceptors (Lipinski definition) is 2. The van der Waals surface area contributed by atoms with Gasteiger partial charge >= 0.3 is 0 Å². The molecular weight excluding hydrogens is 250 g/mol. The Morgan fingerprint density at radius 3 is 2.80 bits per heavy atom. The summed E-state index contributed by atoms with van der Waals surface area (Å²) < 4.78 is 2.23. The second kappa shape index (κ2) is 4.80. The van der Waals surface area contributed by atoms with Crippen molar-refractivity contribution in [3.8, 4) is 0 Å². The number of aryl methyl sites for hydroxylation is 1. The van der Waals surface area contributed by atoms with Gasteiger partial charge in [0.05, 0.1) is 11.0 Å². The molecule has 3 rings (SSSR count). The minimum Gasteiger partial charge on any atom is -0.366 e. The van der Waals surface area contributed by atoms with Crippen LogP contribution >= 0.6 is 0 Å². The third-order valence-electron chi connectivity index (χ3n) is 3.75. The lowest BCUT2D eigenvalue weighted by atomic mass is 10.1. The quantitative estimate of drug-likeness (QED) is 0.793. The van der Waals surface area contributed by atoms with Gasteiger partial charge in [-0.1, -0.05) is 0 Å². The molecule has 2 aromatic heterocycles. The summed E-state index contributed by atoms with van der Waals surface area (Å²) in [5.74, 6) is 0. The van der Waals surface area contributed by atoms with Gasteiger partial charge in [-0.2, -0.15) is 0 Å². The first kappa shape index (κ1) is 12.9. The van der Waals surface area contributed by atoms with Gasteiger partial charge in [-0.05, 0) is 38.7 Å². The van der Waals surface area contributed by atoms with E-state index in [2.05, 4.69) is 34.6 Å². The van der Waals surface area contributed by atoms with Crippen molar-refractivity contribution in [2.24, 2.45) is 0 Å². The van der Waals surface area contributed by atoms with E-state index in [-0.39, 0.29) is 5.43 Å². The number of fused-ring (bicyclic) bond motifs is 3. The number of nitrogens with zero attached hydrogens (tertiary/aromatic N) is 2. The highest BCUT2D eigenvalue weighted by Gasteiger charge is 2.13. The first-order valence-electron chi connectivity index (χ1n) is 6.82. The highest BCUT2D eigenvalue weighted by atomic mass is 16.1. The van der Waals surface area contributed by atoms with E-state index in [4.69, 9.17) is 0 Å². The Morgan fingerprint density at radius 2 is 2.05 bits per heavy atom. The Balaban J connectivity index is 2.36. The fourth-order valence-electron chi connectivity index (χ4n) is 2.83. The number of likely N-dealkylation sites (N-methyl/N-ethyl adjacent to an activating group) is 1. The monoisotopic (exact) mass is 269 g/mol. The summed E-state index contributed by atoms with van der Waals surface area (Å²) in [6.07, 6.45) is 3.94. The van der Waals surface area contributed by atoms with Crippen LogP contribution in [0, 0.1) is 6.92 Å². The maximum atomic E-state index is 11.8. The van der Waals surface area contributed by atoms with E-state index in [0.717, 1.165) is 29.7 Å². The van der Waals surface area contributed by atoms with Crippen LogP contribution in [0.15, 0.2) is 35.4 Å². The van der Waals surface area contributed by atoms with Crippen LogP contribution in [-0.4, -0.2) is 35.1 Å². The Labute approximate surface area is 117 Å². The molecule has 0 atom stereocenters. The van der Waals surface area contributed by atoms with E-state index in [0.29, 0.717) is 0 Å². The summed E-state index contributed by atoms with van der Waals surface area (Å²) in [6, 6.07) is 5.55. The number of nitrogens with one attached hydrogen (secondary N) is 1. The minimum atomic E-state index is 0.0767. The van der Waals surface area contributed by atoms with Gasteiger partial charge in [0.1, 0.15) is 0 Å². The van der Waals surface area contributed by atoms with Crippen molar-refractivity contribution in [2.75, 3.05) is 20.6 Å². The van der Waals surface area contributed by atoms with Crippen molar-refractivity contribution in [3.05, 3.63) is 46.4 Å². The van der Waals surface area contributed by atoms with Gasteiger partial charge in [-0.25, -0.2) is 0 Å². The smallest absolute Gasteiger partial charge is 0.181 e. The molecule has 0 aliphatic rings. The van der Waals surface area contributed by atoms with Crippen molar-refractivity contribution in [2.45, 2.75) is 13.5 Å². The van der Waals surface area contributed by atoms with Gasteiger partial charge < -0.3 is 14.5 Å². The first-order chi connectivity index (χ1) is 9.58. The average Bonchev–Trinajstić information content (AvgIpc) is 2.70. The van der Waals surface area contributed by atoms with Crippen LogP contribution in [0.4, 0.5) is 0 Å². The van der Waals surface area contributed by atoms with Gasteiger partial charge in [0.15, 0.2) is 5.43 Å². The minimum absolute atomic E-state index is 0.0767. The van der Waals surface area contributed by atoms with Crippen molar-refractivity contribution < 1.29 is 0 Å². The lowest BCUT2D eigenvalue weighted by Gasteiger charge is -2.12. The predicted octanol–water partition coefficient (Wildman–Crippen LogP) is 2.35. The highest BCUT2D eigenvalue weighted by molar-refractivity contribution is 6.09. The molecule has 0 aliphatic heterocycles. The molecule has 1 aromatic carbocycles. The number of aromatic amines is 1. The zero-order chi connectivity index (χ0) is 14.3. The molecule has 0 saturated heterocycles. The zero-order valence-corrected chi connectivity index (χ0v) is 12.1. The Morgan fingerprint density at radius 1 is 1.25 bits per heavy atom. The molecule has 0 saturated carbocycles. The lowest BCUT2D eigenvalue weighted by Crippen LogP contribution is -2.18. The fourth-order valence-corrected chi connectivity index (χ4v) is 2.83. The summed E-state index contributed by atoms with van der Waals surface area (Å²) in [5, 5.41) is 2.39. The summed E-state index contributed by atoms with van der Waals surface area (Å²) in [4.78, 5) is 17.1. The average molecular weight is 269 g/mol. The van der Waals surface area contributed by atoms with Gasteiger partial charge in [-0.3, -0.25) is 4.79 Å². The molecule has 104 valence electrons. The predicted molar refractivity (Wildman–Crippen MR) is 83.4 cm³/mol. The maximum Gasteiger partial charge on any atom is 0.181 e. The van der Waals surface area contributed by atoms with Crippen LogP contribution < -0.4 is 5.43 Å². The molecule has 0 radical (unpaired) electrons. The molecule has 1 N–H and O–H groups in total. The topological polar surface area (TPSA) is 41.0 Å². The van der Waals surface area contributed by atoms with Crippen LogP contribution in [0.25, 0.3) is 21.8 Å². The van der Waals surface area contributed by atoms with E-state index in [1.165, 1.54) is 10.8 Å². The summed E-state index contributed by atoms with van der Waals surface area (Å²) in [6.45, 7) is 3.82. The van der Waals surface area contributed by atoms with Crippen LogP contribution in [0.5, 0.6) is 0 Å². The molecule has 20 heavy (non-hydrogen) atoms. The van der Waals surface area contributed by atoms with E-state index in [1.807, 2.05) is 19.3 Å². The maximum absolute atomic E-state index is 11.8. The SMILES string of the molecule is Cc1cc(=O)cc2c1c1cc[nH]cc1n2CCN(C)C.